The van der Waals surface area contributed by atoms with E-state index in [1.54, 1.807) is 6.07 Å². The molecule has 2 rings (SSSR count). The Labute approximate surface area is 163 Å². The van der Waals surface area contributed by atoms with Crippen molar-refractivity contribution in [2.24, 2.45) is 0 Å². The number of aromatic nitrogens is 1. The third-order valence-corrected chi connectivity index (χ3v) is 4.64. The summed E-state index contributed by atoms with van der Waals surface area (Å²) in [5, 5.41) is 22.4. The summed E-state index contributed by atoms with van der Waals surface area (Å²) in [5.74, 6) is 0.387. The van der Waals surface area contributed by atoms with Crippen molar-refractivity contribution in [3.8, 4) is 0 Å². The van der Waals surface area contributed by atoms with Gasteiger partial charge in [-0.05, 0) is 32.0 Å². The van der Waals surface area contributed by atoms with Crippen LogP contribution in [0.25, 0.3) is 0 Å². The van der Waals surface area contributed by atoms with Crippen LogP contribution in [0.1, 0.15) is 12.8 Å². The van der Waals surface area contributed by atoms with Gasteiger partial charge in [0.05, 0.1) is 4.92 Å². The van der Waals surface area contributed by atoms with Crippen LogP contribution in [-0.4, -0.2) is 89.7 Å². The Kier molecular flexibility index (Phi) is 7.93. The molecule has 0 saturated carbocycles. The van der Waals surface area contributed by atoms with Crippen molar-refractivity contribution in [2.75, 3.05) is 57.8 Å². The first kappa shape index (κ1) is 21.4. The molecule has 0 atom stereocenters. The quantitative estimate of drug-likeness (QED) is 0.484. The minimum absolute atomic E-state index is 0.0278. The van der Waals surface area contributed by atoms with E-state index in [9.17, 15) is 24.8 Å². The van der Waals surface area contributed by atoms with E-state index in [-0.39, 0.29) is 18.1 Å². The van der Waals surface area contributed by atoms with E-state index < -0.39 is 11.0 Å². The highest BCUT2D eigenvalue weighted by Crippen LogP contribution is 2.17. The molecule has 1 aromatic rings. The Balaban J connectivity index is 1.80. The molecule has 1 aromatic heterocycles. The van der Waals surface area contributed by atoms with Crippen LogP contribution in [0.4, 0.5) is 16.3 Å². The van der Waals surface area contributed by atoms with Gasteiger partial charge in [0.15, 0.2) is 0 Å². The van der Waals surface area contributed by atoms with E-state index in [4.69, 9.17) is 0 Å². The fraction of sp³-hybridized carbons (Fsp3) is 0.588. The first-order valence-corrected chi connectivity index (χ1v) is 9.17. The van der Waals surface area contributed by atoms with Gasteiger partial charge in [0.25, 0.3) is 5.69 Å². The maximum Gasteiger partial charge on any atom is 0.407 e. The number of hydrogen-bond donors (Lipinski definition) is 2. The summed E-state index contributed by atoms with van der Waals surface area (Å²) in [6, 6.07) is 3.12. The molecular formula is C17H26N6O5. The molecule has 1 aliphatic rings. The summed E-state index contributed by atoms with van der Waals surface area (Å²) in [6.45, 7) is 4.09. The van der Waals surface area contributed by atoms with Gasteiger partial charge < -0.3 is 20.2 Å². The van der Waals surface area contributed by atoms with Crippen LogP contribution in [0.3, 0.4) is 0 Å². The minimum Gasteiger partial charge on any atom is -0.465 e. The van der Waals surface area contributed by atoms with Gasteiger partial charge in [0.2, 0.25) is 5.91 Å². The second kappa shape index (κ2) is 10.4. The number of pyridine rings is 1. The smallest absolute Gasteiger partial charge is 0.407 e. The maximum atomic E-state index is 11.4. The van der Waals surface area contributed by atoms with E-state index >= 15 is 0 Å². The second-order valence-corrected chi connectivity index (χ2v) is 6.54. The number of carbonyl (C=O) groups excluding carboxylic acids is 1. The zero-order valence-corrected chi connectivity index (χ0v) is 15.9. The SMILES string of the molecule is CNC(=O)CN(CCCN1CCCN(c2ccc([N+](=O)[O-])cn2)CC1)C(=O)O. The number of amides is 2. The summed E-state index contributed by atoms with van der Waals surface area (Å²) in [4.78, 5) is 42.5. The van der Waals surface area contributed by atoms with Crippen LogP contribution in [0, 0.1) is 10.1 Å². The van der Waals surface area contributed by atoms with Gasteiger partial charge in [0.1, 0.15) is 18.6 Å². The normalized spacial score (nSPS) is 15.0. The number of carbonyl (C=O) groups is 2. The van der Waals surface area contributed by atoms with Crippen LogP contribution >= 0.6 is 0 Å². The molecule has 2 heterocycles. The molecule has 1 aliphatic heterocycles. The molecule has 0 bridgehead atoms. The van der Waals surface area contributed by atoms with Crippen LogP contribution in [0.2, 0.25) is 0 Å². The van der Waals surface area contributed by atoms with E-state index in [0.717, 1.165) is 49.9 Å². The van der Waals surface area contributed by atoms with E-state index in [1.807, 2.05) is 0 Å². The Morgan fingerprint density at radius 1 is 1.32 bits per heavy atom. The van der Waals surface area contributed by atoms with Gasteiger partial charge in [-0.3, -0.25) is 19.8 Å². The van der Waals surface area contributed by atoms with Crippen molar-refractivity contribution in [1.82, 2.24) is 20.1 Å². The number of nitro groups is 1. The Bertz CT molecular complexity index is 683. The number of nitrogens with one attached hydrogen (secondary N) is 1. The monoisotopic (exact) mass is 394 g/mol. The molecule has 2 amide bonds. The van der Waals surface area contributed by atoms with Gasteiger partial charge in [-0.25, -0.2) is 9.78 Å². The lowest BCUT2D eigenvalue weighted by Crippen LogP contribution is -2.40. The maximum absolute atomic E-state index is 11.4. The zero-order chi connectivity index (χ0) is 20.5. The van der Waals surface area contributed by atoms with Crippen molar-refractivity contribution in [3.63, 3.8) is 0 Å². The summed E-state index contributed by atoms with van der Waals surface area (Å²) in [5.41, 5.74) is -0.0278. The number of anilines is 1. The number of hydrogen-bond acceptors (Lipinski definition) is 7. The van der Waals surface area contributed by atoms with Gasteiger partial charge in [-0.2, -0.15) is 0 Å². The molecule has 154 valence electrons. The van der Waals surface area contributed by atoms with Crippen LogP contribution < -0.4 is 10.2 Å². The summed E-state index contributed by atoms with van der Waals surface area (Å²) >= 11 is 0. The predicted molar refractivity (Wildman–Crippen MR) is 102 cm³/mol. The lowest BCUT2D eigenvalue weighted by Gasteiger charge is -2.24. The molecular weight excluding hydrogens is 368 g/mol. The summed E-state index contributed by atoms with van der Waals surface area (Å²) in [6.07, 6.45) is 1.72. The van der Waals surface area contributed by atoms with Crippen LogP contribution in [-0.2, 0) is 4.79 Å². The standard InChI is InChI=1S/C17H26N6O5/c1-18-16(24)13-22(17(25)26)9-3-7-20-6-2-8-21(11-10-20)15-5-4-14(12-19-15)23(27)28/h4-5,12H,2-3,6-11,13H2,1H3,(H,18,24)(H,25,26). The van der Waals surface area contributed by atoms with Crippen molar-refractivity contribution < 1.29 is 19.6 Å². The molecule has 0 radical (unpaired) electrons. The fourth-order valence-electron chi connectivity index (χ4n) is 3.08. The van der Waals surface area contributed by atoms with E-state index in [2.05, 4.69) is 20.1 Å². The Morgan fingerprint density at radius 3 is 2.71 bits per heavy atom. The Hall–Kier alpha value is -2.95. The molecule has 2 N–H and O–H groups in total. The average molecular weight is 394 g/mol. The number of nitrogens with zero attached hydrogens (tertiary/aromatic N) is 5. The Morgan fingerprint density at radius 2 is 2.11 bits per heavy atom. The van der Waals surface area contributed by atoms with Gasteiger partial charge >= 0.3 is 6.09 Å². The molecule has 11 nitrogen and oxygen atoms in total. The highest BCUT2D eigenvalue weighted by molar-refractivity contribution is 5.81. The third kappa shape index (κ3) is 6.34. The number of likely N-dealkylation sites (N-methyl/N-ethyl adjacent to an activating group) is 1. The topological polar surface area (TPSA) is 132 Å². The first-order valence-electron chi connectivity index (χ1n) is 9.17. The average Bonchev–Trinajstić information content (AvgIpc) is 2.92. The predicted octanol–water partition coefficient (Wildman–Crippen LogP) is 0.618. The number of carboxylic acid groups (broad SMARTS) is 1. The van der Waals surface area contributed by atoms with Gasteiger partial charge in [0, 0.05) is 39.3 Å². The van der Waals surface area contributed by atoms with Gasteiger partial charge in [-0.15, -0.1) is 0 Å². The van der Waals surface area contributed by atoms with E-state index in [0.29, 0.717) is 13.0 Å². The van der Waals surface area contributed by atoms with Gasteiger partial charge in [-0.1, -0.05) is 0 Å². The van der Waals surface area contributed by atoms with Crippen molar-refractivity contribution in [3.05, 3.63) is 28.4 Å². The lowest BCUT2D eigenvalue weighted by molar-refractivity contribution is -0.385. The highest BCUT2D eigenvalue weighted by atomic mass is 16.6. The van der Waals surface area contributed by atoms with Crippen molar-refractivity contribution in [1.29, 1.82) is 0 Å². The fourth-order valence-corrected chi connectivity index (χ4v) is 3.08. The largest absolute Gasteiger partial charge is 0.465 e. The van der Waals surface area contributed by atoms with Crippen LogP contribution in [0.5, 0.6) is 0 Å². The van der Waals surface area contributed by atoms with Crippen molar-refractivity contribution >= 4 is 23.5 Å². The molecule has 1 saturated heterocycles. The molecule has 28 heavy (non-hydrogen) atoms. The highest BCUT2D eigenvalue weighted by Gasteiger charge is 2.19. The molecule has 11 heteroatoms. The van der Waals surface area contributed by atoms with Crippen LogP contribution in [0.15, 0.2) is 18.3 Å². The minimum atomic E-state index is -1.10. The number of rotatable bonds is 8. The molecule has 1 fully saturated rings. The second-order valence-electron chi connectivity index (χ2n) is 6.54. The summed E-state index contributed by atoms with van der Waals surface area (Å²) < 4.78 is 0. The molecule has 0 aliphatic carbocycles. The molecule has 0 spiro atoms. The zero-order valence-electron chi connectivity index (χ0n) is 15.9. The molecule has 0 aromatic carbocycles. The first-order chi connectivity index (χ1) is 13.4. The van der Waals surface area contributed by atoms with Crippen molar-refractivity contribution in [2.45, 2.75) is 12.8 Å². The lowest BCUT2D eigenvalue weighted by atomic mass is 10.3. The molecule has 0 unspecified atom stereocenters. The van der Waals surface area contributed by atoms with E-state index in [1.165, 1.54) is 19.3 Å². The third-order valence-electron chi connectivity index (χ3n) is 4.64. The summed E-state index contributed by atoms with van der Waals surface area (Å²) in [7, 11) is 1.48.